The Morgan fingerprint density at radius 1 is 1.53 bits per heavy atom. The van der Waals surface area contributed by atoms with E-state index in [-0.39, 0.29) is 17.8 Å². The van der Waals surface area contributed by atoms with Crippen LogP contribution in [0.1, 0.15) is 44.1 Å². The summed E-state index contributed by atoms with van der Waals surface area (Å²) in [5.41, 5.74) is 6.59. The summed E-state index contributed by atoms with van der Waals surface area (Å²) in [7, 11) is 0. The summed E-state index contributed by atoms with van der Waals surface area (Å²) in [5.74, 6) is 0.700. The first-order chi connectivity index (χ1) is 8.18. The highest BCUT2D eigenvalue weighted by Crippen LogP contribution is 2.31. The number of hydrogen-bond acceptors (Lipinski definition) is 3. The molecule has 0 spiro atoms. The van der Waals surface area contributed by atoms with Crippen molar-refractivity contribution in [2.45, 2.75) is 38.3 Å². The van der Waals surface area contributed by atoms with Crippen LogP contribution < -0.4 is 11.4 Å². The molecule has 0 amide bonds. The van der Waals surface area contributed by atoms with Crippen molar-refractivity contribution in [3.05, 3.63) is 34.6 Å². The zero-order valence-electron chi connectivity index (χ0n) is 9.84. The van der Waals surface area contributed by atoms with Crippen LogP contribution in [0.4, 0.5) is 0 Å². The molecule has 2 heterocycles. The van der Waals surface area contributed by atoms with Crippen LogP contribution in [-0.4, -0.2) is 14.0 Å². The highest BCUT2D eigenvalue weighted by molar-refractivity contribution is 5.38. The first kappa shape index (κ1) is 10.5. The smallest absolute Gasteiger partial charge is 0.322 e. The molecular weight excluding hydrogens is 216 g/mol. The van der Waals surface area contributed by atoms with Crippen molar-refractivity contribution in [1.82, 2.24) is 14.0 Å². The second-order valence-electron chi connectivity index (χ2n) is 4.73. The van der Waals surface area contributed by atoms with Crippen molar-refractivity contribution in [2.24, 2.45) is 5.73 Å². The molecule has 0 bridgehead atoms. The monoisotopic (exact) mass is 232 g/mol. The first-order valence-corrected chi connectivity index (χ1v) is 6.03. The van der Waals surface area contributed by atoms with E-state index in [0.29, 0.717) is 11.5 Å². The lowest BCUT2D eigenvalue weighted by atomic mass is 9.92. The zero-order chi connectivity index (χ0) is 12.0. The Morgan fingerprint density at radius 3 is 2.88 bits per heavy atom. The molecule has 0 unspecified atom stereocenters. The van der Waals surface area contributed by atoms with Crippen LogP contribution in [0.25, 0.3) is 5.65 Å². The first-order valence-electron chi connectivity index (χ1n) is 6.03. The summed E-state index contributed by atoms with van der Waals surface area (Å²) in [5, 5.41) is 0. The quantitative estimate of drug-likeness (QED) is 0.847. The van der Waals surface area contributed by atoms with Crippen LogP contribution in [0.5, 0.6) is 0 Å². The minimum Gasteiger partial charge on any atom is -0.322 e. The second kappa shape index (κ2) is 3.70. The van der Waals surface area contributed by atoms with E-state index in [4.69, 9.17) is 5.73 Å². The van der Waals surface area contributed by atoms with Gasteiger partial charge < -0.3 is 5.73 Å². The van der Waals surface area contributed by atoms with Gasteiger partial charge in [-0.15, -0.1) is 0 Å². The Labute approximate surface area is 98.9 Å². The van der Waals surface area contributed by atoms with Gasteiger partial charge in [0.25, 0.3) is 0 Å². The molecule has 0 saturated heterocycles. The van der Waals surface area contributed by atoms with E-state index in [1.54, 1.807) is 15.2 Å². The number of nitrogens with zero attached hydrogens (tertiary/aromatic N) is 3. The largest absolute Gasteiger partial charge is 0.335 e. The third kappa shape index (κ3) is 1.50. The van der Waals surface area contributed by atoms with Gasteiger partial charge in [0, 0.05) is 12.2 Å². The minimum atomic E-state index is -0.219. The maximum Gasteiger partial charge on any atom is 0.335 e. The summed E-state index contributed by atoms with van der Waals surface area (Å²) >= 11 is 0. The lowest BCUT2D eigenvalue weighted by Gasteiger charge is -2.30. The Kier molecular flexibility index (Phi) is 2.29. The third-order valence-corrected chi connectivity index (χ3v) is 3.46. The Balaban J connectivity index is 2.30. The van der Waals surface area contributed by atoms with E-state index in [2.05, 4.69) is 4.98 Å². The molecule has 1 fully saturated rings. The number of hydrogen-bond donors (Lipinski definition) is 1. The van der Waals surface area contributed by atoms with Crippen LogP contribution >= 0.6 is 0 Å². The molecule has 2 N–H and O–H groups in total. The van der Waals surface area contributed by atoms with E-state index >= 15 is 0 Å². The van der Waals surface area contributed by atoms with Crippen molar-refractivity contribution < 1.29 is 0 Å². The predicted molar refractivity (Wildman–Crippen MR) is 64.9 cm³/mol. The predicted octanol–water partition coefficient (Wildman–Crippen LogP) is 1.24. The maximum atomic E-state index is 12.4. The van der Waals surface area contributed by atoms with E-state index in [9.17, 15) is 4.79 Å². The summed E-state index contributed by atoms with van der Waals surface area (Å²) in [6, 6.07) is 3.73. The fourth-order valence-electron chi connectivity index (χ4n) is 2.32. The minimum absolute atomic E-state index is 0.0167. The molecule has 1 aliphatic rings. The van der Waals surface area contributed by atoms with Gasteiger partial charge in [0.1, 0.15) is 11.5 Å². The number of aromatic nitrogens is 3. The SMILES string of the molecule is C[C@H](N)c1nc2cccn2c(=O)n1C1CCC1. The van der Waals surface area contributed by atoms with Gasteiger partial charge in [-0.2, -0.15) is 0 Å². The van der Waals surface area contributed by atoms with E-state index in [0.717, 1.165) is 12.8 Å². The van der Waals surface area contributed by atoms with Crippen LogP contribution in [0.2, 0.25) is 0 Å². The van der Waals surface area contributed by atoms with Gasteiger partial charge in [-0.1, -0.05) is 0 Å². The Hall–Kier alpha value is -1.62. The van der Waals surface area contributed by atoms with E-state index in [1.807, 2.05) is 19.1 Å². The molecule has 17 heavy (non-hydrogen) atoms. The molecule has 2 aromatic heterocycles. The molecule has 0 aliphatic heterocycles. The average molecular weight is 232 g/mol. The highest BCUT2D eigenvalue weighted by atomic mass is 16.1. The molecule has 1 atom stereocenters. The van der Waals surface area contributed by atoms with Crippen LogP contribution in [0.3, 0.4) is 0 Å². The van der Waals surface area contributed by atoms with Crippen LogP contribution in [0, 0.1) is 0 Å². The molecule has 1 saturated carbocycles. The van der Waals surface area contributed by atoms with Gasteiger partial charge in [0.05, 0.1) is 6.04 Å². The molecule has 3 rings (SSSR count). The molecule has 0 radical (unpaired) electrons. The molecule has 90 valence electrons. The summed E-state index contributed by atoms with van der Waals surface area (Å²) in [4.78, 5) is 16.9. The molecular formula is C12H16N4O. The molecule has 5 nitrogen and oxygen atoms in total. The summed E-state index contributed by atoms with van der Waals surface area (Å²) in [6.07, 6.45) is 5.03. The van der Waals surface area contributed by atoms with Gasteiger partial charge >= 0.3 is 5.69 Å². The van der Waals surface area contributed by atoms with Gasteiger partial charge in [0.2, 0.25) is 0 Å². The van der Waals surface area contributed by atoms with E-state index in [1.165, 1.54) is 6.42 Å². The summed E-state index contributed by atoms with van der Waals surface area (Å²) < 4.78 is 3.37. The van der Waals surface area contributed by atoms with Gasteiger partial charge in [-0.05, 0) is 38.3 Å². The van der Waals surface area contributed by atoms with Crippen molar-refractivity contribution in [2.75, 3.05) is 0 Å². The van der Waals surface area contributed by atoms with Crippen molar-refractivity contribution in [1.29, 1.82) is 0 Å². The van der Waals surface area contributed by atoms with Crippen LogP contribution in [-0.2, 0) is 0 Å². The van der Waals surface area contributed by atoms with Gasteiger partial charge in [-0.3, -0.25) is 8.97 Å². The Morgan fingerprint density at radius 2 is 2.29 bits per heavy atom. The number of fused-ring (bicyclic) bond motifs is 1. The number of rotatable bonds is 2. The number of nitrogens with two attached hydrogens (primary N) is 1. The van der Waals surface area contributed by atoms with Crippen molar-refractivity contribution in [3.63, 3.8) is 0 Å². The lowest BCUT2D eigenvalue weighted by molar-refractivity contribution is 0.286. The Bertz CT molecular complexity index is 606. The second-order valence-corrected chi connectivity index (χ2v) is 4.73. The zero-order valence-corrected chi connectivity index (χ0v) is 9.84. The standard InChI is InChI=1S/C12H16N4O/c1-8(13)11-14-10-6-3-7-15(10)12(17)16(11)9-4-2-5-9/h3,6-9H,2,4-5,13H2,1H3/t8-/m0/s1. The summed E-state index contributed by atoms with van der Waals surface area (Å²) in [6.45, 7) is 1.87. The third-order valence-electron chi connectivity index (χ3n) is 3.46. The molecule has 0 aromatic carbocycles. The molecule has 5 heteroatoms. The topological polar surface area (TPSA) is 65.3 Å². The fraction of sp³-hybridized carbons (Fsp3) is 0.500. The normalized spacial score (nSPS) is 18.2. The van der Waals surface area contributed by atoms with Crippen LogP contribution in [0.15, 0.2) is 23.1 Å². The average Bonchev–Trinajstić information content (AvgIpc) is 2.66. The molecule has 2 aromatic rings. The van der Waals surface area contributed by atoms with Gasteiger partial charge in [0.15, 0.2) is 0 Å². The molecule has 1 aliphatic carbocycles. The van der Waals surface area contributed by atoms with Gasteiger partial charge in [-0.25, -0.2) is 9.78 Å². The fourth-order valence-corrected chi connectivity index (χ4v) is 2.32. The van der Waals surface area contributed by atoms with E-state index < -0.39 is 0 Å². The highest BCUT2D eigenvalue weighted by Gasteiger charge is 2.25. The maximum absolute atomic E-state index is 12.4. The lowest BCUT2D eigenvalue weighted by Crippen LogP contribution is -2.37. The van der Waals surface area contributed by atoms with Crippen molar-refractivity contribution in [3.8, 4) is 0 Å². The van der Waals surface area contributed by atoms with Crippen molar-refractivity contribution >= 4 is 5.65 Å².